The number of ether oxygens (including phenoxy) is 10. The van der Waals surface area contributed by atoms with Gasteiger partial charge in [0.2, 0.25) is 0 Å². The van der Waals surface area contributed by atoms with Crippen molar-refractivity contribution in [3.05, 3.63) is 97.1 Å². The van der Waals surface area contributed by atoms with Crippen molar-refractivity contribution in [1.29, 1.82) is 0 Å². The van der Waals surface area contributed by atoms with Gasteiger partial charge in [-0.2, -0.15) is 0 Å². The maximum atomic E-state index is 13.1. The van der Waals surface area contributed by atoms with E-state index in [4.69, 9.17) is 47.4 Å². The molecule has 5 rings (SSSR count). The van der Waals surface area contributed by atoms with Crippen LogP contribution in [-0.4, -0.2) is 100 Å². The van der Waals surface area contributed by atoms with Crippen molar-refractivity contribution in [2.75, 3.05) is 39.6 Å². The maximum absolute atomic E-state index is 13.1. The summed E-state index contributed by atoms with van der Waals surface area (Å²) in [5, 5.41) is 1.39. The Bertz CT molecular complexity index is 1900. The lowest BCUT2D eigenvalue weighted by Crippen LogP contribution is -2.36. The summed E-state index contributed by atoms with van der Waals surface area (Å²) in [5.41, 5.74) is 0.467. The molecule has 3 aromatic carbocycles. The lowest BCUT2D eigenvalue weighted by atomic mass is 10.1. The number of carbonyl (C=O) groups is 6. The van der Waals surface area contributed by atoms with Gasteiger partial charge in [0, 0.05) is 12.2 Å². The molecule has 0 radical (unpaired) electrons. The van der Waals surface area contributed by atoms with Gasteiger partial charge in [-0.05, 0) is 85.0 Å². The molecule has 4 atom stereocenters. The van der Waals surface area contributed by atoms with Gasteiger partial charge in [0.25, 0.3) is 0 Å². The summed E-state index contributed by atoms with van der Waals surface area (Å²) in [7, 11) is 0. The lowest BCUT2D eigenvalue weighted by molar-refractivity contribution is -0.138. The van der Waals surface area contributed by atoms with E-state index < -0.39 is 60.6 Å². The summed E-state index contributed by atoms with van der Waals surface area (Å²) >= 11 is 0. The number of rotatable bonds is 18. The highest BCUT2D eigenvalue weighted by Gasteiger charge is 2.51. The summed E-state index contributed by atoms with van der Waals surface area (Å²) in [5.74, 6) is -1.90. The molecule has 2 aliphatic heterocycles. The van der Waals surface area contributed by atoms with Crippen LogP contribution in [-0.2, 0) is 47.5 Å². The van der Waals surface area contributed by atoms with Gasteiger partial charge < -0.3 is 47.4 Å². The van der Waals surface area contributed by atoms with E-state index in [1.165, 1.54) is 24.3 Å². The Hall–Kier alpha value is -6.26. The van der Waals surface area contributed by atoms with Crippen molar-refractivity contribution >= 4 is 47.0 Å². The van der Waals surface area contributed by atoms with Crippen molar-refractivity contribution < 1.29 is 76.1 Å². The smallest absolute Gasteiger partial charge is 0.463 e. The van der Waals surface area contributed by atoms with Crippen LogP contribution in [0.1, 0.15) is 46.4 Å². The number of unbranched alkanes of at least 4 members (excludes halogenated alkanes) is 2. The first-order valence-electron chi connectivity index (χ1n) is 17.7. The third-order valence-electron chi connectivity index (χ3n) is 8.36. The number of carbonyl (C=O) groups excluding carboxylic acids is 6. The lowest BCUT2D eigenvalue weighted by Gasteiger charge is -2.17. The van der Waals surface area contributed by atoms with Crippen LogP contribution in [0.15, 0.2) is 86.0 Å². The second-order valence-electron chi connectivity index (χ2n) is 12.3. The van der Waals surface area contributed by atoms with Crippen molar-refractivity contribution in [3.8, 4) is 11.5 Å². The predicted octanol–water partition coefficient (Wildman–Crippen LogP) is 5.44. The molecule has 0 spiro atoms. The fourth-order valence-corrected chi connectivity index (χ4v) is 5.55. The summed E-state index contributed by atoms with van der Waals surface area (Å²) in [6.07, 6.45) is -0.566. The standard InChI is InChI=1S/C40H40O16/c1-3-33(41)47-17-5-7-19-49-39(45)53-29-14-11-25(12-15-29)37(43)55-31-23-51-36-32(24-52-35(31)36)56-38(44)28-10-9-27-22-30(16-13-26(27)21-28)54-40(46)50-20-8-6-18-48-34(42)4-2/h3-4,9-16,21-22,31-32,35-36H,1-2,5-8,17-20,23-24H2/t31-,32-,35?,36?/m1/s1. The summed E-state index contributed by atoms with van der Waals surface area (Å²) in [4.78, 5) is 72.1. The van der Waals surface area contributed by atoms with Crippen LogP contribution in [0.2, 0.25) is 0 Å². The first-order chi connectivity index (χ1) is 27.1. The van der Waals surface area contributed by atoms with Crippen LogP contribution in [0.5, 0.6) is 11.5 Å². The molecule has 2 heterocycles. The molecule has 0 bridgehead atoms. The van der Waals surface area contributed by atoms with Crippen LogP contribution in [0, 0.1) is 0 Å². The fourth-order valence-electron chi connectivity index (χ4n) is 5.55. The molecule has 56 heavy (non-hydrogen) atoms. The molecule has 16 nitrogen and oxygen atoms in total. The van der Waals surface area contributed by atoms with Crippen LogP contribution >= 0.6 is 0 Å². The van der Waals surface area contributed by atoms with Crippen molar-refractivity contribution in [3.63, 3.8) is 0 Å². The Kier molecular flexibility index (Phi) is 14.9. The largest absolute Gasteiger partial charge is 0.513 e. The minimum absolute atomic E-state index is 0.0278. The van der Waals surface area contributed by atoms with Crippen LogP contribution in [0.25, 0.3) is 10.8 Å². The normalized spacial score (nSPS) is 18.1. The first-order valence-corrected chi connectivity index (χ1v) is 17.7. The monoisotopic (exact) mass is 776 g/mol. The SMILES string of the molecule is C=CC(=O)OCCCCOC(=O)Oc1ccc(C(=O)O[C@@H]2COC3C2OC[C@H]3OC(=O)c2ccc3cc(OC(=O)OCCCCOC(=O)C=C)ccc3c2)cc1. The van der Waals surface area contributed by atoms with Gasteiger partial charge in [-0.25, -0.2) is 28.8 Å². The van der Waals surface area contributed by atoms with Gasteiger partial charge in [-0.15, -0.1) is 0 Å². The van der Waals surface area contributed by atoms with Crippen LogP contribution < -0.4 is 9.47 Å². The molecular weight excluding hydrogens is 736 g/mol. The predicted molar refractivity (Wildman–Crippen MR) is 193 cm³/mol. The molecule has 2 fully saturated rings. The van der Waals surface area contributed by atoms with Crippen molar-refractivity contribution in [1.82, 2.24) is 0 Å². The zero-order valence-electron chi connectivity index (χ0n) is 30.3. The number of fused-ring (bicyclic) bond motifs is 2. The van der Waals surface area contributed by atoms with Gasteiger partial charge in [0.05, 0.1) is 50.8 Å². The van der Waals surface area contributed by atoms with E-state index >= 15 is 0 Å². The highest BCUT2D eigenvalue weighted by atomic mass is 16.7. The van der Waals surface area contributed by atoms with E-state index in [0.29, 0.717) is 36.5 Å². The van der Waals surface area contributed by atoms with E-state index in [1.54, 1.807) is 36.4 Å². The number of benzene rings is 3. The Balaban J connectivity index is 1.02. The third kappa shape index (κ3) is 11.9. The number of esters is 4. The van der Waals surface area contributed by atoms with E-state index in [0.717, 1.165) is 12.2 Å². The zero-order valence-corrected chi connectivity index (χ0v) is 30.3. The van der Waals surface area contributed by atoms with E-state index in [-0.39, 0.29) is 62.3 Å². The molecule has 2 saturated heterocycles. The van der Waals surface area contributed by atoms with E-state index in [2.05, 4.69) is 13.2 Å². The first kappa shape index (κ1) is 40.9. The molecule has 0 aromatic heterocycles. The minimum atomic E-state index is -0.927. The van der Waals surface area contributed by atoms with Crippen LogP contribution in [0.4, 0.5) is 9.59 Å². The average molecular weight is 777 g/mol. The van der Waals surface area contributed by atoms with Gasteiger partial charge in [-0.3, -0.25) is 0 Å². The fraction of sp³-hybridized carbons (Fsp3) is 0.350. The summed E-state index contributed by atoms with van der Waals surface area (Å²) < 4.78 is 53.2. The molecule has 0 N–H and O–H groups in total. The maximum Gasteiger partial charge on any atom is 0.513 e. The third-order valence-corrected chi connectivity index (χ3v) is 8.36. The molecule has 2 aliphatic rings. The summed E-state index contributed by atoms with van der Waals surface area (Å²) in [6, 6.07) is 15.5. The second kappa shape index (κ2) is 20.4. The number of hydrogen-bond acceptors (Lipinski definition) is 16. The minimum Gasteiger partial charge on any atom is -0.463 e. The highest BCUT2D eigenvalue weighted by molar-refractivity contribution is 5.96. The average Bonchev–Trinajstić information content (AvgIpc) is 3.79. The molecule has 296 valence electrons. The van der Waals surface area contributed by atoms with Crippen molar-refractivity contribution in [2.45, 2.75) is 50.1 Å². The zero-order chi connectivity index (χ0) is 39.9. The van der Waals surface area contributed by atoms with Gasteiger partial charge >= 0.3 is 36.2 Å². The van der Waals surface area contributed by atoms with Crippen molar-refractivity contribution in [2.24, 2.45) is 0 Å². The molecule has 0 aliphatic carbocycles. The van der Waals surface area contributed by atoms with E-state index in [9.17, 15) is 28.8 Å². The second-order valence-corrected chi connectivity index (χ2v) is 12.3. The Morgan fingerprint density at radius 2 is 0.982 bits per heavy atom. The van der Waals surface area contributed by atoms with Crippen LogP contribution in [0.3, 0.4) is 0 Å². The topological polar surface area (TPSA) is 195 Å². The molecule has 0 saturated carbocycles. The Morgan fingerprint density at radius 1 is 0.554 bits per heavy atom. The quantitative estimate of drug-likeness (QED) is 0.0521. The van der Waals surface area contributed by atoms with Gasteiger partial charge in [0.1, 0.15) is 23.7 Å². The van der Waals surface area contributed by atoms with Gasteiger partial charge in [0.15, 0.2) is 12.2 Å². The Labute approximate surface area is 321 Å². The molecule has 0 amide bonds. The highest BCUT2D eigenvalue weighted by Crippen LogP contribution is 2.32. The van der Waals surface area contributed by atoms with Gasteiger partial charge in [-0.1, -0.05) is 25.3 Å². The molecular formula is C40H40O16. The molecule has 16 heteroatoms. The number of hydrogen-bond donors (Lipinski definition) is 0. The van der Waals surface area contributed by atoms with E-state index in [1.807, 2.05) is 0 Å². The summed E-state index contributed by atoms with van der Waals surface area (Å²) in [6.45, 7) is 7.19. The molecule has 2 unspecified atom stereocenters. The Morgan fingerprint density at radius 3 is 1.52 bits per heavy atom. The molecule has 3 aromatic rings.